The first kappa shape index (κ1) is 10.8. The zero-order valence-corrected chi connectivity index (χ0v) is 8.73. The van der Waals surface area contributed by atoms with Gasteiger partial charge in [0.05, 0.1) is 0 Å². The molecule has 0 spiro atoms. The van der Waals surface area contributed by atoms with Gasteiger partial charge in [0.1, 0.15) is 0 Å². The van der Waals surface area contributed by atoms with Gasteiger partial charge in [0.25, 0.3) is 0 Å². The summed E-state index contributed by atoms with van der Waals surface area (Å²) < 4.78 is 21.8. The van der Waals surface area contributed by atoms with Crippen molar-refractivity contribution >= 4 is 33.5 Å². The van der Waals surface area contributed by atoms with Crippen LogP contribution in [-0.2, 0) is 10.3 Å². The van der Waals surface area contributed by atoms with E-state index in [1.54, 1.807) is 12.3 Å². The van der Waals surface area contributed by atoms with Gasteiger partial charge in [-0.05, 0) is 11.5 Å². The fourth-order valence-corrected chi connectivity index (χ4v) is 1.80. The first-order valence-corrected chi connectivity index (χ1v) is 4.85. The molecule has 0 aliphatic heterocycles. The Hall–Kier alpha value is -1.26. The van der Waals surface area contributed by atoms with Crippen molar-refractivity contribution in [3.8, 4) is 0 Å². The topological polar surface area (TPSA) is 49.9 Å². The number of hydrogen-bond acceptors (Lipinski definition) is 2. The first-order chi connectivity index (χ1) is 6.29. The summed E-state index contributed by atoms with van der Waals surface area (Å²) in [5.41, 5.74) is 0. The van der Waals surface area contributed by atoms with Crippen LogP contribution in [-0.4, -0.2) is 13.4 Å². The van der Waals surface area contributed by atoms with E-state index in [1.807, 2.05) is 24.3 Å². The number of nitrogens with one attached hydrogen (secondary N) is 1. The summed E-state index contributed by atoms with van der Waals surface area (Å²) in [6.45, 7) is 0. The summed E-state index contributed by atoms with van der Waals surface area (Å²) in [6, 6.07) is 9.18. The molecule has 1 aromatic heterocycles. The molecule has 1 N–H and O–H groups in total. The number of rotatable bonds is 0. The molecule has 0 saturated carbocycles. The smallest absolute Gasteiger partial charge is 0.238 e. The molecule has 0 aliphatic carbocycles. The van der Waals surface area contributed by atoms with Gasteiger partial charge in [0, 0.05) is 11.6 Å². The molecular weight excluding hydrogens is 222 g/mol. The predicted octanol–water partition coefficient (Wildman–Crippen LogP) is 2.00. The third kappa shape index (κ3) is 1.81. The minimum atomic E-state index is -2.21. The molecule has 0 aliphatic rings. The number of pyridine rings is 1. The molecule has 0 fully saturated rings. The fraction of sp³-hybridized carbons (Fsp3) is 0. The Bertz CT molecular complexity index is 602. The third-order valence-corrected chi connectivity index (χ3v) is 2.52. The number of benzene rings is 1. The van der Waals surface area contributed by atoms with Crippen molar-refractivity contribution in [2.75, 3.05) is 0 Å². The van der Waals surface area contributed by atoms with Gasteiger partial charge in [-0.2, -0.15) is 8.42 Å². The monoisotopic (exact) mass is 229 g/mol. The summed E-state index contributed by atoms with van der Waals surface area (Å²) in [6.07, 6.45) is 1.62. The Balaban J connectivity index is 0.000000980. The van der Waals surface area contributed by atoms with Gasteiger partial charge < -0.3 is 4.98 Å². The maximum absolute atomic E-state index is 10.8. The minimum Gasteiger partial charge on any atom is -0.349 e. The van der Waals surface area contributed by atoms with E-state index in [0.29, 0.717) is 0 Å². The van der Waals surface area contributed by atoms with Crippen LogP contribution in [0.5, 0.6) is 0 Å². The number of halogens is 1. The average molecular weight is 230 g/mol. The van der Waals surface area contributed by atoms with Crippen LogP contribution < -0.4 is 0 Å². The zero-order chi connectivity index (χ0) is 9.26. The zero-order valence-electron chi connectivity index (χ0n) is 7.10. The second-order valence-electron chi connectivity index (χ2n) is 2.63. The number of aromatic nitrogens is 1. The van der Waals surface area contributed by atoms with Crippen molar-refractivity contribution in [3.05, 3.63) is 41.2 Å². The van der Waals surface area contributed by atoms with Gasteiger partial charge in [-0.25, -0.2) is 0 Å². The lowest BCUT2D eigenvalue weighted by molar-refractivity contribution is 0.624. The summed E-state index contributed by atoms with van der Waals surface area (Å²) in [5.74, 6) is 0. The summed E-state index contributed by atoms with van der Waals surface area (Å²) in [7, 11) is -2.21. The quantitative estimate of drug-likeness (QED) is 0.703. The van der Waals surface area contributed by atoms with Crippen molar-refractivity contribution in [2.24, 2.45) is 0 Å². The lowest BCUT2D eigenvalue weighted by Gasteiger charge is -1.94. The SMILES string of the molecule is Cl.O=S(=O)=c1[nH]ccc2ccccc12. The third-order valence-electron chi connectivity index (χ3n) is 1.85. The fourth-order valence-electron chi connectivity index (χ4n) is 1.27. The van der Waals surface area contributed by atoms with Gasteiger partial charge >= 0.3 is 0 Å². The molecule has 1 aromatic carbocycles. The van der Waals surface area contributed by atoms with Gasteiger partial charge in [-0.3, -0.25) is 0 Å². The standard InChI is InChI=1S/C9H7NO2S.ClH/c11-13(12)9-8-4-2-1-3-7(8)5-6-10-9;/h1-6,10H;1H. The second-order valence-corrected chi connectivity index (χ2v) is 3.51. The summed E-state index contributed by atoms with van der Waals surface area (Å²) in [5, 5.41) is 1.64. The van der Waals surface area contributed by atoms with Gasteiger partial charge in [0.2, 0.25) is 10.3 Å². The van der Waals surface area contributed by atoms with E-state index in [9.17, 15) is 8.42 Å². The molecule has 74 valence electrons. The summed E-state index contributed by atoms with van der Waals surface area (Å²) >= 11 is 0. The van der Waals surface area contributed by atoms with Crippen molar-refractivity contribution in [1.29, 1.82) is 0 Å². The number of fused-ring (bicyclic) bond motifs is 1. The molecule has 0 atom stereocenters. The molecular formula is C9H8ClNO2S. The molecule has 0 unspecified atom stereocenters. The Kier molecular flexibility index (Phi) is 3.33. The highest BCUT2D eigenvalue weighted by Gasteiger charge is 1.93. The lowest BCUT2D eigenvalue weighted by atomic mass is 10.2. The van der Waals surface area contributed by atoms with Crippen LogP contribution in [0.2, 0.25) is 0 Å². The molecule has 14 heavy (non-hydrogen) atoms. The van der Waals surface area contributed by atoms with Crippen molar-refractivity contribution < 1.29 is 8.42 Å². The van der Waals surface area contributed by atoms with Crippen LogP contribution in [0.1, 0.15) is 0 Å². The number of H-pyrrole nitrogens is 1. The van der Waals surface area contributed by atoms with Crippen LogP contribution in [0, 0.1) is 4.64 Å². The highest BCUT2D eigenvalue weighted by atomic mass is 35.5. The van der Waals surface area contributed by atoms with Crippen molar-refractivity contribution in [2.45, 2.75) is 0 Å². The Morgan fingerprint density at radius 2 is 1.79 bits per heavy atom. The van der Waals surface area contributed by atoms with E-state index < -0.39 is 10.3 Å². The predicted molar refractivity (Wildman–Crippen MR) is 57.7 cm³/mol. The Labute approximate surface area is 88.3 Å². The Morgan fingerprint density at radius 3 is 2.50 bits per heavy atom. The van der Waals surface area contributed by atoms with Crippen LogP contribution in [0.4, 0.5) is 0 Å². The molecule has 3 nitrogen and oxygen atoms in total. The van der Waals surface area contributed by atoms with Gasteiger partial charge in [-0.15, -0.1) is 12.4 Å². The molecule has 2 aromatic rings. The molecule has 2 rings (SSSR count). The minimum absolute atomic E-state index is 0. The molecule has 0 saturated heterocycles. The van der Waals surface area contributed by atoms with Crippen LogP contribution in [0.15, 0.2) is 36.5 Å². The maximum atomic E-state index is 10.8. The number of aromatic amines is 1. The number of hydrogen-bond donors (Lipinski definition) is 1. The van der Waals surface area contributed by atoms with E-state index in [0.717, 1.165) is 10.8 Å². The molecule has 0 amide bonds. The van der Waals surface area contributed by atoms with Crippen LogP contribution >= 0.6 is 12.4 Å². The largest absolute Gasteiger partial charge is 0.349 e. The van der Waals surface area contributed by atoms with Crippen LogP contribution in [0.3, 0.4) is 0 Å². The first-order valence-electron chi connectivity index (χ1n) is 3.78. The second kappa shape index (κ2) is 4.30. The van der Waals surface area contributed by atoms with Crippen LogP contribution in [0.25, 0.3) is 10.8 Å². The molecule has 1 heterocycles. The van der Waals surface area contributed by atoms with E-state index in [2.05, 4.69) is 4.98 Å². The lowest BCUT2D eigenvalue weighted by Crippen LogP contribution is -1.80. The van der Waals surface area contributed by atoms with Crippen molar-refractivity contribution in [1.82, 2.24) is 4.98 Å². The Morgan fingerprint density at radius 1 is 1.07 bits per heavy atom. The molecule has 0 bridgehead atoms. The van der Waals surface area contributed by atoms with E-state index in [4.69, 9.17) is 0 Å². The molecule has 0 radical (unpaired) electrons. The van der Waals surface area contributed by atoms with Gasteiger partial charge in [0.15, 0.2) is 4.64 Å². The highest BCUT2D eigenvalue weighted by Crippen LogP contribution is 2.11. The van der Waals surface area contributed by atoms with E-state index in [1.165, 1.54) is 0 Å². The van der Waals surface area contributed by atoms with E-state index >= 15 is 0 Å². The van der Waals surface area contributed by atoms with Crippen molar-refractivity contribution in [3.63, 3.8) is 0 Å². The maximum Gasteiger partial charge on any atom is 0.238 e. The van der Waals surface area contributed by atoms with E-state index in [-0.39, 0.29) is 17.0 Å². The van der Waals surface area contributed by atoms with Gasteiger partial charge in [-0.1, -0.05) is 24.3 Å². The normalized spacial score (nSPS) is 9.43. The average Bonchev–Trinajstić information content (AvgIpc) is 2.17. The highest BCUT2D eigenvalue weighted by molar-refractivity contribution is 7.64. The summed E-state index contributed by atoms with van der Waals surface area (Å²) in [4.78, 5) is 2.70. The molecule has 5 heteroatoms.